The molecule has 0 bridgehead atoms. The quantitative estimate of drug-likeness (QED) is 0.501. The number of carboxylic acids is 1. The molecule has 1 rings (SSSR count). The predicted octanol–water partition coefficient (Wildman–Crippen LogP) is 3.99. The molecule has 0 aliphatic carbocycles. The first kappa shape index (κ1) is 19.5. The van der Waals surface area contributed by atoms with Crippen LogP contribution in [0, 0.1) is 11.3 Å². The first-order chi connectivity index (χ1) is 11.1. The van der Waals surface area contributed by atoms with Gasteiger partial charge in [-0.2, -0.15) is 18.4 Å². The number of quaternary nitrogens is 1. The molecular formula is C17H18F3N2O2+. The van der Waals surface area contributed by atoms with Crippen molar-refractivity contribution in [1.29, 1.82) is 5.26 Å². The average Bonchev–Trinajstić information content (AvgIpc) is 2.53. The summed E-state index contributed by atoms with van der Waals surface area (Å²) in [5.41, 5.74) is -0.743. The molecule has 24 heavy (non-hydrogen) atoms. The van der Waals surface area contributed by atoms with Crippen molar-refractivity contribution in [2.45, 2.75) is 20.0 Å². The number of alkyl halides is 3. The normalized spacial score (nSPS) is 15.5. The van der Waals surface area contributed by atoms with Crippen LogP contribution in [0.25, 0.3) is 0 Å². The Morgan fingerprint density at radius 3 is 2.46 bits per heavy atom. The number of nitriles is 1. The Balaban J connectivity index is 3.60. The van der Waals surface area contributed by atoms with Crippen molar-refractivity contribution in [3.63, 3.8) is 0 Å². The van der Waals surface area contributed by atoms with Gasteiger partial charge in [-0.3, -0.25) is 4.48 Å². The highest BCUT2D eigenvalue weighted by Crippen LogP contribution is 2.32. The van der Waals surface area contributed by atoms with E-state index in [0.717, 1.165) is 6.08 Å². The van der Waals surface area contributed by atoms with E-state index in [-0.39, 0.29) is 11.0 Å². The molecule has 128 valence electrons. The fourth-order valence-electron chi connectivity index (χ4n) is 2.27. The van der Waals surface area contributed by atoms with E-state index in [1.165, 1.54) is 20.0 Å². The van der Waals surface area contributed by atoms with E-state index in [1.807, 2.05) is 6.07 Å². The SMILES string of the molecule is CC=C(C=C(C(=O)O)[N+](C)(CC)c1cccc(C#N)c1)C(F)(F)F. The number of carboxylic acid groups (broad SMARTS) is 1. The Hall–Kier alpha value is -2.59. The number of benzene rings is 1. The largest absolute Gasteiger partial charge is 0.474 e. The van der Waals surface area contributed by atoms with Gasteiger partial charge in [0.15, 0.2) is 0 Å². The number of allylic oxidation sites excluding steroid dienone is 3. The highest BCUT2D eigenvalue weighted by Gasteiger charge is 2.39. The first-order valence-electron chi connectivity index (χ1n) is 7.15. The lowest BCUT2D eigenvalue weighted by molar-refractivity contribution is -0.134. The molecule has 1 aromatic rings. The molecule has 0 aromatic heterocycles. The summed E-state index contributed by atoms with van der Waals surface area (Å²) < 4.78 is 38.6. The van der Waals surface area contributed by atoms with Crippen LogP contribution in [0.5, 0.6) is 0 Å². The van der Waals surface area contributed by atoms with Crippen LogP contribution in [0.3, 0.4) is 0 Å². The lowest BCUT2D eigenvalue weighted by Gasteiger charge is -2.32. The van der Waals surface area contributed by atoms with Crippen LogP contribution >= 0.6 is 0 Å². The van der Waals surface area contributed by atoms with Crippen LogP contribution in [0.15, 0.2) is 47.7 Å². The Kier molecular flexibility index (Phi) is 5.93. The Morgan fingerprint density at radius 1 is 1.42 bits per heavy atom. The van der Waals surface area contributed by atoms with E-state index in [2.05, 4.69) is 0 Å². The van der Waals surface area contributed by atoms with Crippen LogP contribution in [-0.2, 0) is 4.79 Å². The third-order valence-corrected chi connectivity index (χ3v) is 3.86. The van der Waals surface area contributed by atoms with E-state index in [9.17, 15) is 23.1 Å². The number of carbonyl (C=O) groups is 1. The lowest BCUT2D eigenvalue weighted by Crippen LogP contribution is -2.47. The first-order valence-corrected chi connectivity index (χ1v) is 7.15. The van der Waals surface area contributed by atoms with Crippen LogP contribution < -0.4 is 4.48 Å². The summed E-state index contributed by atoms with van der Waals surface area (Å²) in [5, 5.41) is 18.5. The number of likely N-dealkylation sites (N-methyl/N-ethyl adjacent to an activating group) is 1. The van der Waals surface area contributed by atoms with E-state index < -0.39 is 23.4 Å². The molecule has 4 nitrogen and oxygen atoms in total. The van der Waals surface area contributed by atoms with Gasteiger partial charge in [-0.25, -0.2) is 4.79 Å². The number of aliphatic carboxylic acids is 1. The van der Waals surface area contributed by atoms with Gasteiger partial charge >= 0.3 is 12.1 Å². The summed E-state index contributed by atoms with van der Waals surface area (Å²) in [5.74, 6) is -1.45. The molecule has 0 amide bonds. The van der Waals surface area contributed by atoms with E-state index >= 15 is 0 Å². The van der Waals surface area contributed by atoms with Crippen LogP contribution in [0.4, 0.5) is 18.9 Å². The minimum absolute atomic E-state index is 0.196. The van der Waals surface area contributed by atoms with Crippen molar-refractivity contribution in [3.05, 3.63) is 53.3 Å². The summed E-state index contributed by atoms with van der Waals surface area (Å²) >= 11 is 0. The summed E-state index contributed by atoms with van der Waals surface area (Å²) in [6.45, 7) is 3.06. The molecule has 0 fully saturated rings. The number of hydrogen-bond acceptors (Lipinski definition) is 2. The second-order valence-corrected chi connectivity index (χ2v) is 5.25. The number of halogens is 3. The van der Waals surface area contributed by atoms with Crippen molar-refractivity contribution in [2.24, 2.45) is 0 Å². The van der Waals surface area contributed by atoms with Gasteiger partial charge < -0.3 is 5.11 Å². The van der Waals surface area contributed by atoms with Crippen molar-refractivity contribution in [3.8, 4) is 6.07 Å². The van der Waals surface area contributed by atoms with Gasteiger partial charge in [0.1, 0.15) is 5.69 Å². The van der Waals surface area contributed by atoms with Gasteiger partial charge in [0.2, 0.25) is 5.70 Å². The van der Waals surface area contributed by atoms with Crippen molar-refractivity contribution >= 4 is 11.7 Å². The second kappa shape index (κ2) is 7.32. The highest BCUT2D eigenvalue weighted by molar-refractivity contribution is 5.90. The third kappa shape index (κ3) is 4.03. The zero-order valence-electron chi connectivity index (χ0n) is 13.6. The third-order valence-electron chi connectivity index (χ3n) is 3.86. The predicted molar refractivity (Wildman–Crippen MR) is 84.9 cm³/mol. The lowest BCUT2D eigenvalue weighted by atomic mass is 10.1. The zero-order chi connectivity index (χ0) is 18.5. The maximum Gasteiger partial charge on any atom is 0.416 e. The van der Waals surface area contributed by atoms with Crippen LogP contribution in [0.2, 0.25) is 0 Å². The fraction of sp³-hybridized carbons (Fsp3) is 0.294. The van der Waals surface area contributed by atoms with Gasteiger partial charge in [-0.1, -0.05) is 12.1 Å². The Labute approximate surface area is 138 Å². The van der Waals surface area contributed by atoms with Gasteiger partial charge in [0.05, 0.1) is 30.8 Å². The molecule has 1 atom stereocenters. The number of rotatable bonds is 5. The van der Waals surface area contributed by atoms with Gasteiger partial charge in [-0.15, -0.1) is 0 Å². The maximum absolute atomic E-state index is 13.0. The molecule has 1 aromatic carbocycles. The Morgan fingerprint density at radius 2 is 2.04 bits per heavy atom. The fourth-order valence-corrected chi connectivity index (χ4v) is 2.27. The monoisotopic (exact) mass is 339 g/mol. The minimum Gasteiger partial charge on any atom is -0.474 e. The topological polar surface area (TPSA) is 61.1 Å². The highest BCUT2D eigenvalue weighted by atomic mass is 19.4. The molecule has 1 unspecified atom stereocenters. The molecule has 7 heteroatoms. The zero-order valence-corrected chi connectivity index (χ0v) is 13.6. The maximum atomic E-state index is 13.0. The van der Waals surface area contributed by atoms with Gasteiger partial charge in [-0.05, 0) is 26.0 Å². The number of nitrogens with zero attached hydrogens (tertiary/aromatic N) is 2. The van der Waals surface area contributed by atoms with Crippen LogP contribution in [0.1, 0.15) is 19.4 Å². The molecule has 0 radical (unpaired) electrons. The van der Waals surface area contributed by atoms with Crippen molar-refractivity contribution in [2.75, 3.05) is 13.6 Å². The summed E-state index contributed by atoms with van der Waals surface area (Å²) in [7, 11) is 1.50. The van der Waals surface area contributed by atoms with E-state index in [0.29, 0.717) is 17.3 Å². The Bertz CT molecular complexity index is 730. The van der Waals surface area contributed by atoms with Crippen molar-refractivity contribution < 1.29 is 23.1 Å². The second-order valence-electron chi connectivity index (χ2n) is 5.25. The summed E-state index contributed by atoms with van der Waals surface area (Å²) in [6, 6.07) is 8.11. The molecule has 0 aliphatic heterocycles. The van der Waals surface area contributed by atoms with Crippen molar-refractivity contribution in [1.82, 2.24) is 4.48 Å². The molecular weight excluding hydrogens is 321 g/mol. The van der Waals surface area contributed by atoms with Crippen LogP contribution in [-0.4, -0.2) is 30.8 Å². The molecule has 0 saturated heterocycles. The number of hydrogen-bond donors (Lipinski definition) is 1. The van der Waals surface area contributed by atoms with Gasteiger partial charge in [0.25, 0.3) is 0 Å². The average molecular weight is 339 g/mol. The molecule has 0 spiro atoms. The smallest absolute Gasteiger partial charge is 0.416 e. The van der Waals surface area contributed by atoms with E-state index in [1.54, 1.807) is 25.1 Å². The molecule has 0 aliphatic rings. The van der Waals surface area contributed by atoms with Gasteiger partial charge in [0, 0.05) is 12.1 Å². The molecule has 1 N–H and O–H groups in total. The molecule has 0 saturated carbocycles. The summed E-state index contributed by atoms with van der Waals surface area (Å²) in [6.07, 6.45) is -3.18. The van der Waals surface area contributed by atoms with E-state index in [4.69, 9.17) is 5.26 Å². The molecule has 0 heterocycles. The standard InChI is InChI=1S/C17H17F3N2O2/c1-4-13(17(18,19)20)10-15(16(23)24)22(3,5-2)14-8-6-7-12(9-14)11-21/h4,6-10H,5H2,1-3H3/p+1. The summed E-state index contributed by atoms with van der Waals surface area (Å²) in [4.78, 5) is 11.7. The minimum atomic E-state index is -4.65.